The van der Waals surface area contributed by atoms with Crippen molar-refractivity contribution in [3.63, 3.8) is 0 Å². The Morgan fingerprint density at radius 1 is 0.902 bits per heavy atom. The number of imide groups is 1. The molecule has 3 aromatic rings. The van der Waals surface area contributed by atoms with E-state index in [2.05, 4.69) is 5.32 Å². The number of benzene rings is 3. The summed E-state index contributed by atoms with van der Waals surface area (Å²) in [7, 11) is 0. The minimum Gasteiger partial charge on any atom is -0.491 e. The number of ether oxygens (including phenoxy) is 3. The van der Waals surface area contributed by atoms with Crippen LogP contribution in [0.3, 0.4) is 0 Å². The summed E-state index contributed by atoms with van der Waals surface area (Å²) < 4.78 is 17.3. The van der Waals surface area contributed by atoms with Gasteiger partial charge >= 0.3 is 0 Å². The van der Waals surface area contributed by atoms with Crippen LogP contribution in [0.5, 0.6) is 17.2 Å². The van der Waals surface area contributed by atoms with Crippen LogP contribution in [0.2, 0.25) is 0 Å². The van der Waals surface area contributed by atoms with Crippen LogP contribution in [0, 0.1) is 27.7 Å². The van der Waals surface area contributed by atoms with Gasteiger partial charge in [0.25, 0.3) is 17.1 Å². The standard InChI is InChI=1S/C32H34N2O6S/c1-6-38-28-17-24(12-13-26(28)40-19-30(35)33-25-9-7-8-21(3)23(25)5)18-29-31(36)34(32(37)41-29)14-15-39-27-16-20(2)10-11-22(27)4/h7-13,16-18H,6,14-15,19H2,1-5H3,(H,33,35)/b29-18-. The third-order valence-corrected chi connectivity index (χ3v) is 7.50. The van der Waals surface area contributed by atoms with Crippen molar-refractivity contribution in [2.24, 2.45) is 0 Å². The normalized spacial score (nSPS) is 14.0. The molecule has 1 N–H and O–H groups in total. The minimum absolute atomic E-state index is 0.149. The number of nitrogens with zero attached hydrogens (tertiary/aromatic N) is 1. The first-order chi connectivity index (χ1) is 19.7. The lowest BCUT2D eigenvalue weighted by molar-refractivity contribution is -0.123. The highest BCUT2D eigenvalue weighted by Crippen LogP contribution is 2.35. The van der Waals surface area contributed by atoms with Gasteiger partial charge < -0.3 is 19.5 Å². The number of hydrogen-bond donors (Lipinski definition) is 1. The lowest BCUT2D eigenvalue weighted by atomic mass is 10.1. The van der Waals surface area contributed by atoms with Crippen molar-refractivity contribution < 1.29 is 28.6 Å². The Morgan fingerprint density at radius 2 is 1.71 bits per heavy atom. The molecule has 8 nitrogen and oxygen atoms in total. The van der Waals surface area contributed by atoms with E-state index in [0.29, 0.717) is 28.6 Å². The quantitative estimate of drug-likeness (QED) is 0.263. The molecule has 0 radical (unpaired) electrons. The molecule has 9 heteroatoms. The predicted molar refractivity (Wildman–Crippen MR) is 162 cm³/mol. The molecule has 1 aliphatic rings. The number of aryl methyl sites for hydroxylation is 3. The van der Waals surface area contributed by atoms with E-state index in [1.807, 2.05) is 71.0 Å². The number of rotatable bonds is 11. The van der Waals surface area contributed by atoms with Gasteiger partial charge in [-0.3, -0.25) is 19.3 Å². The molecule has 0 unspecified atom stereocenters. The summed E-state index contributed by atoms with van der Waals surface area (Å²) >= 11 is 0.887. The van der Waals surface area contributed by atoms with Gasteiger partial charge in [0.05, 0.1) is 18.1 Å². The number of thioether (sulfide) groups is 1. The Morgan fingerprint density at radius 3 is 2.49 bits per heavy atom. The molecule has 0 saturated carbocycles. The lowest BCUT2D eigenvalue weighted by Crippen LogP contribution is -2.32. The van der Waals surface area contributed by atoms with Crippen LogP contribution in [0.1, 0.15) is 34.7 Å². The van der Waals surface area contributed by atoms with Crippen molar-refractivity contribution >= 4 is 40.6 Å². The van der Waals surface area contributed by atoms with E-state index in [-0.39, 0.29) is 36.8 Å². The summed E-state index contributed by atoms with van der Waals surface area (Å²) in [4.78, 5) is 39.6. The van der Waals surface area contributed by atoms with Gasteiger partial charge in [-0.25, -0.2) is 0 Å². The Balaban J connectivity index is 1.39. The van der Waals surface area contributed by atoms with Crippen LogP contribution in [0.25, 0.3) is 6.08 Å². The van der Waals surface area contributed by atoms with Crippen LogP contribution in [0.4, 0.5) is 10.5 Å². The maximum Gasteiger partial charge on any atom is 0.293 e. The maximum atomic E-state index is 13.0. The van der Waals surface area contributed by atoms with Crippen molar-refractivity contribution in [3.05, 3.63) is 87.3 Å². The highest BCUT2D eigenvalue weighted by Gasteiger charge is 2.34. The zero-order chi connectivity index (χ0) is 29.5. The molecule has 1 heterocycles. The van der Waals surface area contributed by atoms with Gasteiger partial charge in [-0.2, -0.15) is 0 Å². The number of amides is 3. The second kappa shape index (κ2) is 13.4. The molecule has 3 amide bonds. The zero-order valence-corrected chi connectivity index (χ0v) is 24.7. The molecule has 1 saturated heterocycles. The van der Waals surface area contributed by atoms with Gasteiger partial charge in [-0.15, -0.1) is 0 Å². The largest absolute Gasteiger partial charge is 0.491 e. The molecule has 214 valence electrons. The first-order valence-corrected chi connectivity index (χ1v) is 14.2. The van der Waals surface area contributed by atoms with Crippen LogP contribution in [0.15, 0.2) is 59.5 Å². The zero-order valence-electron chi connectivity index (χ0n) is 23.9. The molecular formula is C32H34N2O6S. The SMILES string of the molecule is CCOc1cc(/C=C2\SC(=O)N(CCOc3cc(C)ccc3C)C2=O)ccc1OCC(=O)Nc1cccc(C)c1C. The monoisotopic (exact) mass is 574 g/mol. The van der Waals surface area contributed by atoms with Crippen LogP contribution < -0.4 is 19.5 Å². The van der Waals surface area contributed by atoms with Gasteiger partial charge in [-0.1, -0.05) is 30.3 Å². The third-order valence-electron chi connectivity index (χ3n) is 6.59. The van der Waals surface area contributed by atoms with Gasteiger partial charge in [-0.05, 0) is 105 Å². The molecule has 41 heavy (non-hydrogen) atoms. The van der Waals surface area contributed by atoms with Crippen LogP contribution in [-0.2, 0) is 9.59 Å². The van der Waals surface area contributed by atoms with Gasteiger partial charge in [0.1, 0.15) is 12.4 Å². The Labute approximate surface area is 244 Å². The number of anilines is 1. The smallest absolute Gasteiger partial charge is 0.293 e. The van der Waals surface area contributed by atoms with E-state index in [0.717, 1.165) is 45.5 Å². The molecule has 1 fully saturated rings. The molecular weight excluding hydrogens is 540 g/mol. The Hall–Kier alpha value is -4.24. The first-order valence-electron chi connectivity index (χ1n) is 13.4. The van der Waals surface area contributed by atoms with E-state index >= 15 is 0 Å². The highest BCUT2D eigenvalue weighted by atomic mass is 32.2. The summed E-state index contributed by atoms with van der Waals surface area (Å²) in [5, 5.41) is 2.53. The summed E-state index contributed by atoms with van der Waals surface area (Å²) in [6, 6.07) is 16.8. The number of nitrogens with one attached hydrogen (secondary N) is 1. The summed E-state index contributed by atoms with van der Waals surface area (Å²) in [5.74, 6) is 0.909. The predicted octanol–water partition coefficient (Wildman–Crippen LogP) is 6.45. The second-order valence-corrected chi connectivity index (χ2v) is 10.7. The fourth-order valence-electron chi connectivity index (χ4n) is 4.17. The van der Waals surface area contributed by atoms with E-state index in [1.54, 1.807) is 24.3 Å². The van der Waals surface area contributed by atoms with E-state index in [1.165, 1.54) is 4.90 Å². The van der Waals surface area contributed by atoms with Crippen molar-refractivity contribution in [1.82, 2.24) is 4.90 Å². The number of hydrogen-bond acceptors (Lipinski definition) is 7. The first kappa shape index (κ1) is 29.7. The number of carbonyl (C=O) groups excluding carboxylic acids is 3. The minimum atomic E-state index is -0.369. The fraction of sp³-hybridized carbons (Fsp3) is 0.281. The van der Waals surface area contributed by atoms with Gasteiger partial charge in [0, 0.05) is 5.69 Å². The molecule has 0 aliphatic carbocycles. The van der Waals surface area contributed by atoms with Crippen molar-refractivity contribution in [3.8, 4) is 17.2 Å². The Bertz CT molecular complexity index is 1500. The van der Waals surface area contributed by atoms with E-state index in [4.69, 9.17) is 14.2 Å². The number of carbonyl (C=O) groups is 3. The summed E-state index contributed by atoms with van der Waals surface area (Å²) in [6.07, 6.45) is 1.65. The van der Waals surface area contributed by atoms with Gasteiger partial charge in [0.15, 0.2) is 18.1 Å². The van der Waals surface area contributed by atoms with Crippen molar-refractivity contribution in [2.45, 2.75) is 34.6 Å². The molecule has 0 atom stereocenters. The Kier molecular flexibility index (Phi) is 9.73. The molecule has 0 spiro atoms. The molecule has 1 aliphatic heterocycles. The molecule has 4 rings (SSSR count). The highest BCUT2D eigenvalue weighted by molar-refractivity contribution is 8.18. The molecule has 0 aromatic heterocycles. The molecule has 3 aromatic carbocycles. The van der Waals surface area contributed by atoms with Crippen molar-refractivity contribution in [2.75, 3.05) is 31.7 Å². The van der Waals surface area contributed by atoms with Crippen molar-refractivity contribution in [1.29, 1.82) is 0 Å². The van der Waals surface area contributed by atoms with Gasteiger partial charge in [0.2, 0.25) is 0 Å². The average molecular weight is 575 g/mol. The second-order valence-electron chi connectivity index (χ2n) is 9.67. The van der Waals surface area contributed by atoms with Crippen LogP contribution in [-0.4, -0.2) is 48.3 Å². The maximum absolute atomic E-state index is 13.0. The average Bonchev–Trinajstić information content (AvgIpc) is 3.20. The van der Waals surface area contributed by atoms with E-state index < -0.39 is 0 Å². The topological polar surface area (TPSA) is 94.2 Å². The molecule has 0 bridgehead atoms. The summed E-state index contributed by atoms with van der Waals surface area (Å²) in [5.41, 5.74) is 5.55. The fourth-order valence-corrected chi connectivity index (χ4v) is 5.04. The van der Waals surface area contributed by atoms with Crippen LogP contribution >= 0.6 is 11.8 Å². The lowest BCUT2D eigenvalue weighted by Gasteiger charge is -2.15. The summed E-state index contributed by atoms with van der Waals surface area (Å²) in [6.45, 7) is 10.2. The third kappa shape index (κ3) is 7.49. The van der Waals surface area contributed by atoms with E-state index in [9.17, 15) is 14.4 Å².